The summed E-state index contributed by atoms with van der Waals surface area (Å²) in [5.74, 6) is -3.91. The Bertz CT molecular complexity index is 521. The molecular weight excluding hydrogens is 276 g/mol. The van der Waals surface area contributed by atoms with Crippen LogP contribution in [0.15, 0.2) is 12.1 Å². The SMILES string of the molecule is CCOC(=O)C(CC)Oc1c(F)cc(F)cc1[N+](=O)[O-]. The minimum atomic E-state index is -1.25. The summed E-state index contributed by atoms with van der Waals surface area (Å²) in [6, 6.07) is 0.969. The van der Waals surface area contributed by atoms with Crippen LogP contribution in [0, 0.1) is 21.7 Å². The maximum absolute atomic E-state index is 13.6. The van der Waals surface area contributed by atoms with E-state index >= 15 is 0 Å². The second-order valence-electron chi connectivity index (χ2n) is 3.76. The highest BCUT2D eigenvalue weighted by molar-refractivity contribution is 5.75. The van der Waals surface area contributed by atoms with Gasteiger partial charge in [0.15, 0.2) is 11.9 Å². The normalized spacial score (nSPS) is 11.8. The second kappa shape index (κ2) is 6.78. The highest BCUT2D eigenvalue weighted by Crippen LogP contribution is 2.32. The third kappa shape index (κ3) is 3.62. The molecule has 0 radical (unpaired) electrons. The largest absolute Gasteiger partial charge is 0.469 e. The van der Waals surface area contributed by atoms with Crippen LogP contribution in [-0.2, 0) is 9.53 Å². The molecule has 0 fully saturated rings. The Labute approximate surface area is 113 Å². The van der Waals surface area contributed by atoms with Gasteiger partial charge in [0.2, 0.25) is 5.75 Å². The molecule has 0 spiro atoms. The van der Waals surface area contributed by atoms with Crippen LogP contribution in [-0.4, -0.2) is 23.6 Å². The highest BCUT2D eigenvalue weighted by atomic mass is 19.1. The molecule has 0 amide bonds. The lowest BCUT2D eigenvalue weighted by Crippen LogP contribution is -2.29. The Hall–Kier alpha value is -2.25. The summed E-state index contributed by atoms with van der Waals surface area (Å²) in [7, 11) is 0. The standard InChI is InChI=1S/C12H13F2NO5/c1-3-10(12(16)19-4-2)20-11-8(14)5-7(13)6-9(11)15(17)18/h5-6,10H,3-4H2,1-2H3. The second-order valence-corrected chi connectivity index (χ2v) is 3.76. The Kier molecular flexibility index (Phi) is 5.36. The van der Waals surface area contributed by atoms with Gasteiger partial charge in [-0.1, -0.05) is 6.92 Å². The van der Waals surface area contributed by atoms with Crippen molar-refractivity contribution < 1.29 is 28.0 Å². The van der Waals surface area contributed by atoms with Gasteiger partial charge in [-0.2, -0.15) is 0 Å². The molecule has 0 aliphatic heterocycles. The lowest BCUT2D eigenvalue weighted by Gasteiger charge is -2.16. The molecule has 0 aliphatic rings. The Morgan fingerprint density at radius 2 is 2.05 bits per heavy atom. The summed E-state index contributed by atoms with van der Waals surface area (Å²) in [5, 5.41) is 10.8. The van der Waals surface area contributed by atoms with Crippen LogP contribution >= 0.6 is 0 Å². The summed E-state index contributed by atoms with van der Waals surface area (Å²) >= 11 is 0. The van der Waals surface area contributed by atoms with Crippen molar-refractivity contribution in [2.24, 2.45) is 0 Å². The van der Waals surface area contributed by atoms with Crippen LogP contribution in [0.3, 0.4) is 0 Å². The Balaban J connectivity index is 3.12. The third-order valence-electron chi connectivity index (χ3n) is 2.37. The van der Waals surface area contributed by atoms with Gasteiger partial charge in [0.1, 0.15) is 5.82 Å². The van der Waals surface area contributed by atoms with Crippen LogP contribution in [0.4, 0.5) is 14.5 Å². The van der Waals surface area contributed by atoms with E-state index in [0.29, 0.717) is 12.1 Å². The molecular formula is C12H13F2NO5. The maximum atomic E-state index is 13.6. The number of carbonyl (C=O) groups excluding carboxylic acids is 1. The smallest absolute Gasteiger partial charge is 0.347 e. The van der Waals surface area contributed by atoms with Crippen LogP contribution in [0.1, 0.15) is 20.3 Å². The lowest BCUT2D eigenvalue weighted by atomic mass is 10.2. The summed E-state index contributed by atoms with van der Waals surface area (Å²) < 4.78 is 36.3. The average molecular weight is 289 g/mol. The van der Waals surface area contributed by atoms with Gasteiger partial charge >= 0.3 is 11.7 Å². The van der Waals surface area contributed by atoms with Gasteiger partial charge in [-0.3, -0.25) is 10.1 Å². The fourth-order valence-electron chi connectivity index (χ4n) is 1.47. The number of nitro groups is 1. The van der Waals surface area contributed by atoms with E-state index in [1.54, 1.807) is 13.8 Å². The predicted octanol–water partition coefficient (Wildman–Crippen LogP) is 2.59. The van der Waals surface area contributed by atoms with Crippen molar-refractivity contribution >= 4 is 11.7 Å². The van der Waals surface area contributed by atoms with E-state index in [4.69, 9.17) is 9.47 Å². The number of nitro benzene ring substituents is 1. The fraction of sp³-hybridized carbons (Fsp3) is 0.417. The zero-order chi connectivity index (χ0) is 15.3. The molecule has 1 aromatic rings. The van der Waals surface area contributed by atoms with E-state index in [-0.39, 0.29) is 13.0 Å². The zero-order valence-corrected chi connectivity index (χ0v) is 10.9. The molecule has 0 aliphatic carbocycles. The van der Waals surface area contributed by atoms with Gasteiger partial charge in [-0.05, 0) is 13.3 Å². The first-order valence-electron chi connectivity index (χ1n) is 5.87. The first kappa shape index (κ1) is 15.8. The van der Waals surface area contributed by atoms with Crippen LogP contribution in [0.5, 0.6) is 5.75 Å². The molecule has 0 saturated carbocycles. The van der Waals surface area contributed by atoms with Crippen molar-refractivity contribution in [1.82, 2.24) is 0 Å². The van der Waals surface area contributed by atoms with Crippen molar-refractivity contribution in [3.63, 3.8) is 0 Å². The molecule has 0 heterocycles. The molecule has 0 saturated heterocycles. The fourth-order valence-corrected chi connectivity index (χ4v) is 1.47. The molecule has 0 N–H and O–H groups in total. The highest BCUT2D eigenvalue weighted by Gasteiger charge is 2.28. The molecule has 1 rings (SSSR count). The number of esters is 1. The molecule has 20 heavy (non-hydrogen) atoms. The Morgan fingerprint density at radius 1 is 1.40 bits per heavy atom. The van der Waals surface area contributed by atoms with Gasteiger partial charge in [-0.15, -0.1) is 0 Å². The average Bonchev–Trinajstić information content (AvgIpc) is 2.37. The van der Waals surface area contributed by atoms with E-state index in [9.17, 15) is 23.7 Å². The first-order chi connectivity index (χ1) is 9.40. The van der Waals surface area contributed by atoms with E-state index < -0.39 is 40.1 Å². The van der Waals surface area contributed by atoms with E-state index in [1.165, 1.54) is 0 Å². The van der Waals surface area contributed by atoms with E-state index in [2.05, 4.69) is 0 Å². The van der Waals surface area contributed by atoms with Crippen molar-refractivity contribution in [3.05, 3.63) is 33.9 Å². The van der Waals surface area contributed by atoms with Crippen molar-refractivity contribution in [2.45, 2.75) is 26.4 Å². The van der Waals surface area contributed by atoms with Gasteiger partial charge in [0.05, 0.1) is 17.6 Å². The zero-order valence-electron chi connectivity index (χ0n) is 10.9. The summed E-state index contributed by atoms with van der Waals surface area (Å²) in [4.78, 5) is 21.3. The Morgan fingerprint density at radius 3 is 2.55 bits per heavy atom. The number of halogens is 2. The maximum Gasteiger partial charge on any atom is 0.347 e. The number of hydrogen-bond acceptors (Lipinski definition) is 5. The molecule has 6 nitrogen and oxygen atoms in total. The summed E-state index contributed by atoms with van der Waals surface area (Å²) in [6.07, 6.45) is -1.08. The topological polar surface area (TPSA) is 78.7 Å². The lowest BCUT2D eigenvalue weighted by molar-refractivity contribution is -0.386. The third-order valence-corrected chi connectivity index (χ3v) is 2.37. The summed E-state index contributed by atoms with van der Waals surface area (Å²) in [6.45, 7) is 3.23. The first-order valence-corrected chi connectivity index (χ1v) is 5.87. The molecule has 0 aromatic heterocycles. The van der Waals surface area contributed by atoms with Crippen molar-refractivity contribution in [2.75, 3.05) is 6.61 Å². The van der Waals surface area contributed by atoms with Crippen molar-refractivity contribution in [3.8, 4) is 5.75 Å². The van der Waals surface area contributed by atoms with E-state index in [1.807, 2.05) is 0 Å². The van der Waals surface area contributed by atoms with E-state index in [0.717, 1.165) is 0 Å². The number of ether oxygens (including phenoxy) is 2. The van der Waals surface area contributed by atoms with Gasteiger partial charge in [0.25, 0.3) is 0 Å². The molecule has 110 valence electrons. The quantitative estimate of drug-likeness (QED) is 0.457. The van der Waals surface area contributed by atoms with Gasteiger partial charge < -0.3 is 9.47 Å². The predicted molar refractivity (Wildman–Crippen MR) is 64.4 cm³/mol. The van der Waals surface area contributed by atoms with Crippen molar-refractivity contribution in [1.29, 1.82) is 0 Å². The monoisotopic (exact) mass is 289 g/mol. The molecule has 1 atom stereocenters. The van der Waals surface area contributed by atoms with Crippen LogP contribution < -0.4 is 4.74 Å². The molecule has 1 aromatic carbocycles. The number of nitrogens with zero attached hydrogens (tertiary/aromatic N) is 1. The number of benzene rings is 1. The number of rotatable bonds is 6. The number of carbonyl (C=O) groups is 1. The molecule has 8 heteroatoms. The van der Waals surface area contributed by atoms with Crippen LogP contribution in [0.25, 0.3) is 0 Å². The molecule has 0 bridgehead atoms. The number of hydrogen-bond donors (Lipinski definition) is 0. The van der Waals surface area contributed by atoms with Crippen LogP contribution in [0.2, 0.25) is 0 Å². The molecule has 1 unspecified atom stereocenters. The minimum Gasteiger partial charge on any atom is -0.469 e. The van der Waals surface area contributed by atoms with Gasteiger partial charge in [-0.25, -0.2) is 13.6 Å². The minimum absolute atomic E-state index is 0.0900. The van der Waals surface area contributed by atoms with Gasteiger partial charge in [0, 0.05) is 6.07 Å². The summed E-state index contributed by atoms with van der Waals surface area (Å²) in [5.41, 5.74) is -0.884.